The van der Waals surface area contributed by atoms with Crippen LogP contribution in [0.15, 0.2) is 12.5 Å². The molecule has 66 valence electrons. The highest BCUT2D eigenvalue weighted by atomic mass is 16.5. The summed E-state index contributed by atoms with van der Waals surface area (Å²) in [7, 11) is 5.44. The van der Waals surface area contributed by atoms with E-state index in [1.54, 1.807) is 13.4 Å². The highest BCUT2D eigenvalue weighted by molar-refractivity contribution is 5.58. The fourth-order valence-corrected chi connectivity index (χ4v) is 0.981. The zero-order valence-corrected chi connectivity index (χ0v) is 7.61. The normalized spacial score (nSPS) is 10.9. The number of anilines is 1. The van der Waals surface area contributed by atoms with E-state index in [1.165, 1.54) is 0 Å². The number of methoxy groups -OCH3 is 1. The van der Waals surface area contributed by atoms with Gasteiger partial charge in [0.05, 0.1) is 26.0 Å². The topological polar surface area (TPSA) is 44.1 Å². The molecule has 0 fully saturated rings. The third kappa shape index (κ3) is 1.42. The van der Waals surface area contributed by atoms with E-state index in [0.29, 0.717) is 0 Å². The molecule has 0 radical (unpaired) electrons. The molecule has 0 aliphatic heterocycles. The van der Waals surface area contributed by atoms with Crippen molar-refractivity contribution in [1.82, 2.24) is 4.68 Å². The largest absolute Gasteiger partial charge is 0.504 e. The van der Waals surface area contributed by atoms with Crippen molar-refractivity contribution in [3.05, 3.63) is 18.0 Å². The SMILES string of the molecule is COC=Cc1c[n+](C)n(C)c1N. The summed E-state index contributed by atoms with van der Waals surface area (Å²) in [6.07, 6.45) is 5.37. The first kappa shape index (κ1) is 8.64. The van der Waals surface area contributed by atoms with E-state index < -0.39 is 0 Å². The molecular formula is C8H14N3O+. The molecule has 0 saturated heterocycles. The minimum absolute atomic E-state index is 0.728. The highest BCUT2D eigenvalue weighted by Crippen LogP contribution is 2.09. The molecule has 0 spiro atoms. The smallest absolute Gasteiger partial charge is 0.204 e. The monoisotopic (exact) mass is 168 g/mol. The second kappa shape index (κ2) is 3.30. The molecule has 12 heavy (non-hydrogen) atoms. The van der Waals surface area contributed by atoms with Crippen molar-refractivity contribution in [3.8, 4) is 0 Å². The van der Waals surface area contributed by atoms with Crippen LogP contribution in [-0.2, 0) is 18.8 Å². The van der Waals surface area contributed by atoms with Gasteiger partial charge < -0.3 is 10.5 Å². The fraction of sp³-hybridized carbons (Fsp3) is 0.375. The number of nitrogens with two attached hydrogens (primary N) is 1. The third-order valence-electron chi connectivity index (χ3n) is 1.83. The molecule has 1 rings (SSSR count). The summed E-state index contributed by atoms with van der Waals surface area (Å²) in [6, 6.07) is 0. The van der Waals surface area contributed by atoms with Crippen LogP contribution in [0.4, 0.5) is 5.82 Å². The second-order valence-corrected chi connectivity index (χ2v) is 2.61. The number of aromatic nitrogens is 2. The molecule has 0 aromatic carbocycles. The van der Waals surface area contributed by atoms with Crippen molar-refractivity contribution in [2.45, 2.75) is 0 Å². The van der Waals surface area contributed by atoms with Crippen LogP contribution in [0.5, 0.6) is 0 Å². The van der Waals surface area contributed by atoms with Crippen LogP contribution in [0, 0.1) is 0 Å². The van der Waals surface area contributed by atoms with Crippen LogP contribution < -0.4 is 10.4 Å². The minimum atomic E-state index is 0.728. The van der Waals surface area contributed by atoms with Crippen LogP contribution in [0.25, 0.3) is 6.08 Å². The molecule has 0 atom stereocenters. The number of hydrogen-bond acceptors (Lipinski definition) is 2. The van der Waals surface area contributed by atoms with E-state index in [9.17, 15) is 0 Å². The predicted molar refractivity (Wildman–Crippen MR) is 47.0 cm³/mol. The molecule has 0 saturated carbocycles. The average Bonchev–Trinajstić information content (AvgIpc) is 2.30. The van der Waals surface area contributed by atoms with Crippen molar-refractivity contribution in [1.29, 1.82) is 0 Å². The van der Waals surface area contributed by atoms with Gasteiger partial charge in [-0.3, -0.25) is 0 Å². The number of rotatable bonds is 2. The Kier molecular flexibility index (Phi) is 2.38. The molecule has 0 aliphatic rings. The van der Waals surface area contributed by atoms with Gasteiger partial charge >= 0.3 is 0 Å². The maximum Gasteiger partial charge on any atom is 0.204 e. The van der Waals surface area contributed by atoms with Crippen molar-refractivity contribution in [2.24, 2.45) is 14.1 Å². The van der Waals surface area contributed by atoms with Crippen molar-refractivity contribution < 1.29 is 9.42 Å². The number of nitrogens with zero attached hydrogens (tertiary/aromatic N) is 2. The van der Waals surface area contributed by atoms with Gasteiger partial charge in [-0.05, 0) is 6.08 Å². The lowest BCUT2D eigenvalue weighted by Crippen LogP contribution is -2.36. The van der Waals surface area contributed by atoms with Gasteiger partial charge in [0, 0.05) is 0 Å². The Balaban J connectivity index is 3.01. The Hall–Kier alpha value is -1.45. The molecule has 0 bridgehead atoms. The van der Waals surface area contributed by atoms with E-state index in [1.807, 2.05) is 35.7 Å². The van der Waals surface area contributed by atoms with E-state index in [-0.39, 0.29) is 0 Å². The molecule has 1 aromatic heterocycles. The predicted octanol–water partition coefficient (Wildman–Crippen LogP) is 0.0489. The van der Waals surface area contributed by atoms with Crippen LogP contribution in [0.1, 0.15) is 5.56 Å². The number of nitrogen functional groups attached to an aromatic ring is 1. The van der Waals surface area contributed by atoms with Crippen molar-refractivity contribution in [3.63, 3.8) is 0 Å². The first-order valence-corrected chi connectivity index (χ1v) is 3.67. The van der Waals surface area contributed by atoms with Gasteiger partial charge in [-0.15, -0.1) is 9.36 Å². The van der Waals surface area contributed by atoms with Crippen LogP contribution in [-0.4, -0.2) is 11.8 Å². The molecule has 2 N–H and O–H groups in total. The van der Waals surface area contributed by atoms with Crippen LogP contribution >= 0.6 is 0 Å². The van der Waals surface area contributed by atoms with E-state index >= 15 is 0 Å². The Bertz CT molecular complexity index is 301. The Morgan fingerprint density at radius 1 is 1.67 bits per heavy atom. The second-order valence-electron chi connectivity index (χ2n) is 2.61. The molecule has 0 unspecified atom stereocenters. The number of aryl methyl sites for hydroxylation is 1. The van der Waals surface area contributed by atoms with Gasteiger partial charge in [-0.25, -0.2) is 0 Å². The summed E-state index contributed by atoms with van der Waals surface area (Å²) in [5.74, 6) is 0.728. The summed E-state index contributed by atoms with van der Waals surface area (Å²) in [6.45, 7) is 0. The summed E-state index contributed by atoms with van der Waals surface area (Å²) in [4.78, 5) is 0. The Morgan fingerprint density at radius 3 is 2.75 bits per heavy atom. The lowest BCUT2D eigenvalue weighted by Gasteiger charge is -1.91. The third-order valence-corrected chi connectivity index (χ3v) is 1.83. The highest BCUT2D eigenvalue weighted by Gasteiger charge is 2.09. The molecule has 4 nitrogen and oxygen atoms in total. The number of ether oxygens (including phenoxy) is 1. The fourth-order valence-electron chi connectivity index (χ4n) is 0.981. The first-order valence-electron chi connectivity index (χ1n) is 3.67. The standard InChI is InChI=1S/C8H13N3O/c1-10-6-7(4-5-12-3)8(9)11(10)2/h4-6,9H,1-3H3/p+1. The first-order chi connectivity index (χ1) is 5.66. The number of hydrogen-bond donors (Lipinski definition) is 1. The lowest BCUT2D eigenvalue weighted by molar-refractivity contribution is -0.750. The molecule has 1 aromatic rings. The summed E-state index contributed by atoms with van der Waals surface area (Å²) in [5, 5.41) is 0. The summed E-state index contributed by atoms with van der Waals surface area (Å²) in [5.41, 5.74) is 6.74. The van der Waals surface area contributed by atoms with Gasteiger partial charge in [0.25, 0.3) is 0 Å². The summed E-state index contributed by atoms with van der Waals surface area (Å²) < 4.78 is 8.56. The van der Waals surface area contributed by atoms with Crippen molar-refractivity contribution in [2.75, 3.05) is 12.8 Å². The Labute approximate surface area is 71.8 Å². The average molecular weight is 168 g/mol. The van der Waals surface area contributed by atoms with Crippen molar-refractivity contribution >= 4 is 11.9 Å². The van der Waals surface area contributed by atoms with E-state index in [4.69, 9.17) is 10.5 Å². The van der Waals surface area contributed by atoms with Gasteiger partial charge in [0.1, 0.15) is 0 Å². The molecule has 1 heterocycles. The van der Waals surface area contributed by atoms with Crippen LogP contribution in [0.3, 0.4) is 0 Å². The van der Waals surface area contributed by atoms with Crippen LogP contribution in [0.2, 0.25) is 0 Å². The lowest BCUT2D eigenvalue weighted by atomic mass is 10.3. The van der Waals surface area contributed by atoms with E-state index in [2.05, 4.69) is 0 Å². The van der Waals surface area contributed by atoms with Gasteiger partial charge in [-0.1, -0.05) is 0 Å². The maximum absolute atomic E-state index is 5.78. The zero-order chi connectivity index (χ0) is 9.14. The van der Waals surface area contributed by atoms with Gasteiger partial charge in [0.15, 0.2) is 12.9 Å². The zero-order valence-electron chi connectivity index (χ0n) is 7.61. The Morgan fingerprint density at radius 2 is 2.33 bits per heavy atom. The summed E-state index contributed by atoms with van der Waals surface area (Å²) >= 11 is 0. The molecule has 0 aliphatic carbocycles. The van der Waals surface area contributed by atoms with Gasteiger partial charge in [-0.2, -0.15) is 0 Å². The maximum atomic E-state index is 5.78. The minimum Gasteiger partial charge on any atom is -0.504 e. The quantitative estimate of drug-likeness (QED) is 0.501. The van der Waals surface area contributed by atoms with E-state index in [0.717, 1.165) is 11.4 Å². The van der Waals surface area contributed by atoms with Gasteiger partial charge in [0.2, 0.25) is 6.20 Å². The molecule has 0 amide bonds. The molecular weight excluding hydrogens is 154 g/mol. The molecule has 4 heteroatoms.